The zero-order chi connectivity index (χ0) is 19.7. The summed E-state index contributed by atoms with van der Waals surface area (Å²) < 4.78 is 14.5. The molecule has 4 amide bonds. The van der Waals surface area contributed by atoms with E-state index in [0.717, 1.165) is 31.2 Å². The summed E-state index contributed by atoms with van der Waals surface area (Å²) in [4.78, 5) is 31.6. The van der Waals surface area contributed by atoms with Crippen LogP contribution in [0.25, 0.3) is 10.9 Å². The van der Waals surface area contributed by atoms with Crippen molar-refractivity contribution in [3.05, 3.63) is 35.8 Å². The van der Waals surface area contributed by atoms with Crippen LogP contribution in [0.4, 0.5) is 14.0 Å². The van der Waals surface area contributed by atoms with E-state index in [0.29, 0.717) is 24.2 Å². The van der Waals surface area contributed by atoms with Crippen molar-refractivity contribution < 1.29 is 14.0 Å². The van der Waals surface area contributed by atoms with E-state index in [2.05, 4.69) is 15.6 Å². The van der Waals surface area contributed by atoms with Crippen LogP contribution >= 0.6 is 0 Å². The molecular formula is C20H26FN5O2. The number of piperidine rings is 1. The molecule has 4 rings (SSSR count). The molecule has 7 nitrogen and oxygen atoms in total. The number of fused-ring (bicyclic) bond motifs is 1. The van der Waals surface area contributed by atoms with Crippen molar-refractivity contribution in [2.24, 2.45) is 0 Å². The van der Waals surface area contributed by atoms with Gasteiger partial charge in [-0.25, -0.2) is 14.0 Å². The second-order valence-electron chi connectivity index (χ2n) is 7.56. The van der Waals surface area contributed by atoms with E-state index in [1.54, 1.807) is 24.1 Å². The van der Waals surface area contributed by atoms with Crippen molar-refractivity contribution in [1.29, 1.82) is 0 Å². The molecule has 1 aromatic carbocycles. The normalized spacial score (nSPS) is 19.5. The fraction of sp³-hybridized carbons (Fsp3) is 0.500. The largest absolute Gasteiger partial charge is 0.354 e. The predicted molar refractivity (Wildman–Crippen MR) is 104 cm³/mol. The number of nitrogens with one attached hydrogen (secondary N) is 3. The maximum Gasteiger partial charge on any atom is 0.318 e. The summed E-state index contributed by atoms with van der Waals surface area (Å²) in [7, 11) is 1.62. The SMILES string of the molecule is CNC(=O)N1CCCC(N(C(=O)NCc2[nH]c3ccccc3c2F)C2CC2)C1. The summed E-state index contributed by atoms with van der Waals surface area (Å²) in [5.74, 6) is -0.322. The number of aromatic amines is 1. The molecule has 1 aromatic heterocycles. The predicted octanol–water partition coefficient (Wildman–Crippen LogP) is 2.78. The van der Waals surface area contributed by atoms with Gasteiger partial charge < -0.3 is 25.4 Å². The minimum atomic E-state index is -0.322. The van der Waals surface area contributed by atoms with E-state index in [-0.39, 0.29) is 36.5 Å². The molecule has 28 heavy (non-hydrogen) atoms. The lowest BCUT2D eigenvalue weighted by molar-refractivity contribution is 0.116. The van der Waals surface area contributed by atoms with Crippen LogP contribution in [0.3, 0.4) is 0 Å². The Labute approximate surface area is 163 Å². The summed E-state index contributed by atoms with van der Waals surface area (Å²) in [6.45, 7) is 1.34. The standard InChI is InChI=1S/C20H26FN5O2/c1-22-19(27)25-10-4-5-14(12-25)26(13-8-9-13)20(28)23-11-17-18(21)15-6-2-3-7-16(15)24-17/h2-3,6-7,13-14,24H,4-5,8-12H2,1H3,(H,22,27)(H,23,28). The zero-order valence-electron chi connectivity index (χ0n) is 16.0. The van der Waals surface area contributed by atoms with E-state index in [1.807, 2.05) is 17.0 Å². The van der Waals surface area contributed by atoms with Gasteiger partial charge in [-0.05, 0) is 37.8 Å². The number of urea groups is 2. The highest BCUT2D eigenvalue weighted by molar-refractivity contribution is 5.81. The first kappa shape index (κ1) is 18.6. The number of benzene rings is 1. The van der Waals surface area contributed by atoms with Crippen LogP contribution in [-0.2, 0) is 6.54 Å². The Balaban J connectivity index is 1.44. The van der Waals surface area contributed by atoms with Crippen LogP contribution in [0.15, 0.2) is 24.3 Å². The van der Waals surface area contributed by atoms with Gasteiger partial charge >= 0.3 is 12.1 Å². The molecule has 1 aliphatic carbocycles. The Hall–Kier alpha value is -2.77. The van der Waals surface area contributed by atoms with Crippen LogP contribution in [0.2, 0.25) is 0 Å². The van der Waals surface area contributed by atoms with E-state index in [9.17, 15) is 14.0 Å². The first-order valence-electron chi connectivity index (χ1n) is 9.86. The van der Waals surface area contributed by atoms with Crippen molar-refractivity contribution in [3.63, 3.8) is 0 Å². The highest BCUT2D eigenvalue weighted by atomic mass is 19.1. The van der Waals surface area contributed by atoms with Crippen LogP contribution in [0.5, 0.6) is 0 Å². The molecule has 1 saturated heterocycles. The number of amides is 4. The van der Waals surface area contributed by atoms with Crippen molar-refractivity contribution >= 4 is 23.0 Å². The molecule has 150 valence electrons. The van der Waals surface area contributed by atoms with Crippen molar-refractivity contribution in [3.8, 4) is 0 Å². The van der Waals surface area contributed by atoms with E-state index < -0.39 is 0 Å². The minimum absolute atomic E-state index is 0.00823. The summed E-state index contributed by atoms with van der Waals surface area (Å²) >= 11 is 0. The van der Waals surface area contributed by atoms with E-state index in [1.165, 1.54) is 0 Å². The molecular weight excluding hydrogens is 361 g/mol. The number of nitrogens with zero attached hydrogens (tertiary/aromatic N) is 2. The van der Waals surface area contributed by atoms with Gasteiger partial charge in [-0.1, -0.05) is 12.1 Å². The fourth-order valence-corrected chi connectivity index (χ4v) is 4.05. The third-order valence-electron chi connectivity index (χ3n) is 5.60. The number of H-pyrrole nitrogens is 1. The van der Waals surface area contributed by atoms with Gasteiger partial charge in [-0.15, -0.1) is 0 Å². The van der Waals surface area contributed by atoms with Gasteiger partial charge in [0.15, 0.2) is 5.82 Å². The van der Waals surface area contributed by atoms with E-state index >= 15 is 0 Å². The number of likely N-dealkylation sites (tertiary alicyclic amines) is 1. The topological polar surface area (TPSA) is 80.5 Å². The lowest BCUT2D eigenvalue weighted by Crippen LogP contribution is -2.56. The molecule has 2 aromatic rings. The van der Waals surface area contributed by atoms with Gasteiger partial charge in [0, 0.05) is 37.1 Å². The number of halogens is 1. The Bertz CT molecular complexity index is 879. The van der Waals surface area contributed by atoms with Crippen molar-refractivity contribution in [1.82, 2.24) is 25.4 Å². The Kier molecular flexibility index (Phi) is 5.11. The van der Waals surface area contributed by atoms with Crippen molar-refractivity contribution in [2.75, 3.05) is 20.1 Å². The number of carbonyl (C=O) groups is 2. The fourth-order valence-electron chi connectivity index (χ4n) is 4.05. The molecule has 1 atom stereocenters. The number of rotatable bonds is 4. The molecule has 2 fully saturated rings. The van der Waals surface area contributed by atoms with Crippen LogP contribution in [-0.4, -0.2) is 59.1 Å². The molecule has 1 saturated carbocycles. The number of hydrogen-bond donors (Lipinski definition) is 3. The molecule has 3 N–H and O–H groups in total. The number of aromatic nitrogens is 1. The number of hydrogen-bond acceptors (Lipinski definition) is 2. The lowest BCUT2D eigenvalue weighted by atomic mass is 10.0. The maximum atomic E-state index is 14.5. The Morgan fingerprint density at radius 2 is 2.04 bits per heavy atom. The van der Waals surface area contributed by atoms with E-state index in [4.69, 9.17) is 0 Å². The minimum Gasteiger partial charge on any atom is -0.354 e. The third-order valence-corrected chi connectivity index (χ3v) is 5.60. The highest BCUT2D eigenvalue weighted by Gasteiger charge is 2.39. The summed E-state index contributed by atoms with van der Waals surface area (Å²) in [6, 6.07) is 7.07. The summed E-state index contributed by atoms with van der Waals surface area (Å²) in [5, 5.41) is 6.06. The van der Waals surface area contributed by atoms with Gasteiger partial charge in [0.1, 0.15) is 0 Å². The van der Waals surface area contributed by atoms with Gasteiger partial charge in [-0.2, -0.15) is 0 Å². The molecule has 1 unspecified atom stereocenters. The second kappa shape index (κ2) is 7.69. The summed E-state index contributed by atoms with van der Waals surface area (Å²) in [5.41, 5.74) is 1.10. The lowest BCUT2D eigenvalue weighted by Gasteiger charge is -2.39. The molecule has 2 aliphatic rings. The molecule has 1 aliphatic heterocycles. The Morgan fingerprint density at radius 3 is 2.75 bits per heavy atom. The van der Waals surface area contributed by atoms with Crippen LogP contribution in [0, 0.1) is 5.82 Å². The van der Waals surface area contributed by atoms with Gasteiger partial charge in [0.05, 0.1) is 18.3 Å². The molecule has 2 heterocycles. The number of para-hydroxylation sites is 1. The second-order valence-corrected chi connectivity index (χ2v) is 7.56. The van der Waals surface area contributed by atoms with Gasteiger partial charge in [0.25, 0.3) is 0 Å². The average Bonchev–Trinajstić information content (AvgIpc) is 3.50. The molecule has 0 radical (unpaired) electrons. The smallest absolute Gasteiger partial charge is 0.318 e. The van der Waals surface area contributed by atoms with Crippen molar-refractivity contribution in [2.45, 2.75) is 44.3 Å². The maximum absolute atomic E-state index is 14.5. The third kappa shape index (κ3) is 3.63. The highest BCUT2D eigenvalue weighted by Crippen LogP contribution is 2.31. The number of carbonyl (C=O) groups excluding carboxylic acids is 2. The first-order valence-corrected chi connectivity index (χ1v) is 9.86. The first-order chi connectivity index (χ1) is 13.6. The monoisotopic (exact) mass is 387 g/mol. The quantitative estimate of drug-likeness (QED) is 0.754. The van der Waals surface area contributed by atoms with Gasteiger partial charge in [0.2, 0.25) is 0 Å². The Morgan fingerprint density at radius 1 is 1.25 bits per heavy atom. The molecule has 0 spiro atoms. The zero-order valence-corrected chi connectivity index (χ0v) is 16.0. The van der Waals surface area contributed by atoms with Gasteiger partial charge in [-0.3, -0.25) is 0 Å². The molecule has 8 heteroatoms. The van der Waals surface area contributed by atoms with Crippen LogP contribution < -0.4 is 10.6 Å². The summed E-state index contributed by atoms with van der Waals surface area (Å²) in [6.07, 6.45) is 3.69. The average molecular weight is 387 g/mol. The van der Waals surface area contributed by atoms with Crippen LogP contribution in [0.1, 0.15) is 31.4 Å². The molecule has 0 bridgehead atoms.